The summed E-state index contributed by atoms with van der Waals surface area (Å²) < 4.78 is 19.9. The summed E-state index contributed by atoms with van der Waals surface area (Å²) in [5.41, 5.74) is 3.10. The minimum Gasteiger partial charge on any atom is -0.504 e. The molecule has 12 heteroatoms. The van der Waals surface area contributed by atoms with Gasteiger partial charge in [0.05, 0.1) is 36.0 Å². The normalized spacial score (nSPS) is 28.2. The van der Waals surface area contributed by atoms with E-state index < -0.39 is 52.6 Å². The Hall–Kier alpha value is -4.22. The summed E-state index contributed by atoms with van der Waals surface area (Å²) in [6.07, 6.45) is 2.27. The summed E-state index contributed by atoms with van der Waals surface area (Å²) in [6.45, 7) is 1.98. The smallest absolute Gasteiger partial charge is 0.260 e. The number of phenolic OH excluding ortho intramolecular Hbond substituents is 1. The number of carbonyl (C=O) groups excluding carboxylic acids is 4. The van der Waals surface area contributed by atoms with Gasteiger partial charge >= 0.3 is 0 Å². The maximum absolute atomic E-state index is 15.1. The average Bonchev–Trinajstić information content (AvgIpc) is 3.43. The van der Waals surface area contributed by atoms with Gasteiger partial charge in [-0.25, -0.2) is 4.39 Å². The van der Waals surface area contributed by atoms with Crippen molar-refractivity contribution < 1.29 is 33.4 Å². The van der Waals surface area contributed by atoms with Crippen LogP contribution in [0.4, 0.5) is 10.1 Å². The first-order valence-corrected chi connectivity index (χ1v) is 16.5. The lowest BCUT2D eigenvalue weighted by Gasteiger charge is -2.50. The highest BCUT2D eigenvalue weighted by Crippen LogP contribution is 2.65. The molecule has 1 saturated carbocycles. The van der Waals surface area contributed by atoms with Gasteiger partial charge in [0.2, 0.25) is 11.8 Å². The van der Waals surface area contributed by atoms with E-state index in [0.29, 0.717) is 31.9 Å². The first-order valence-electron chi connectivity index (χ1n) is 15.3. The van der Waals surface area contributed by atoms with E-state index in [9.17, 15) is 23.9 Å². The van der Waals surface area contributed by atoms with Crippen molar-refractivity contribution in [1.82, 2.24) is 9.91 Å². The van der Waals surface area contributed by atoms with Crippen molar-refractivity contribution in [3.63, 3.8) is 0 Å². The molecule has 6 atom stereocenters. The maximum atomic E-state index is 15.1. The first-order chi connectivity index (χ1) is 22.5. The third-order valence-corrected chi connectivity index (χ3v) is 11.0. The SMILES string of the molecule is CCN1C(=O)C2CC=C3C(CC4C(=O)N(Nc5ccc(F)cc5)C(=O)C4(c4ccc(Cl)cc4)C3c3cc(Br)cc(OC)c3O)C2C1=O. The van der Waals surface area contributed by atoms with E-state index in [1.807, 2.05) is 6.08 Å². The molecule has 2 saturated heterocycles. The molecule has 2 aliphatic heterocycles. The van der Waals surface area contributed by atoms with E-state index in [1.54, 1.807) is 43.3 Å². The number of amides is 4. The van der Waals surface area contributed by atoms with Gasteiger partial charge in [-0.3, -0.25) is 29.5 Å². The molecule has 3 aromatic rings. The van der Waals surface area contributed by atoms with Crippen LogP contribution in [-0.2, 0) is 24.6 Å². The molecule has 4 aliphatic rings. The summed E-state index contributed by atoms with van der Waals surface area (Å²) >= 11 is 9.85. The number of likely N-dealkylation sites (tertiary alicyclic amines) is 1. The van der Waals surface area contributed by atoms with Crippen molar-refractivity contribution in [2.45, 2.75) is 31.1 Å². The Labute approximate surface area is 283 Å². The quantitative estimate of drug-likeness (QED) is 0.238. The van der Waals surface area contributed by atoms with Gasteiger partial charge in [0.25, 0.3) is 11.8 Å². The summed E-state index contributed by atoms with van der Waals surface area (Å²) in [6, 6.07) is 15.3. The molecule has 0 aromatic heterocycles. The van der Waals surface area contributed by atoms with Gasteiger partial charge < -0.3 is 9.84 Å². The molecule has 0 bridgehead atoms. The number of ether oxygens (including phenoxy) is 1. The molecule has 0 spiro atoms. The van der Waals surface area contributed by atoms with Crippen molar-refractivity contribution in [2.75, 3.05) is 19.1 Å². The molecule has 47 heavy (non-hydrogen) atoms. The van der Waals surface area contributed by atoms with Crippen LogP contribution in [0.1, 0.15) is 36.8 Å². The average molecular weight is 723 g/mol. The van der Waals surface area contributed by atoms with Crippen LogP contribution in [-0.4, -0.2) is 52.3 Å². The van der Waals surface area contributed by atoms with Crippen LogP contribution in [0, 0.1) is 29.5 Å². The maximum Gasteiger partial charge on any atom is 0.260 e. The minimum absolute atomic E-state index is 0.0980. The van der Waals surface area contributed by atoms with Crippen molar-refractivity contribution in [1.29, 1.82) is 0 Å². The summed E-state index contributed by atoms with van der Waals surface area (Å²) in [4.78, 5) is 58.2. The van der Waals surface area contributed by atoms with Crippen molar-refractivity contribution in [3.05, 3.63) is 98.8 Å². The number of nitrogens with zero attached hydrogens (tertiary/aromatic N) is 2. The largest absolute Gasteiger partial charge is 0.504 e. The predicted molar refractivity (Wildman–Crippen MR) is 174 cm³/mol. The molecular formula is C35H30BrClFN3O6. The number of rotatable bonds is 6. The van der Waals surface area contributed by atoms with Crippen molar-refractivity contribution in [3.8, 4) is 11.5 Å². The highest BCUT2D eigenvalue weighted by Gasteiger charge is 2.70. The van der Waals surface area contributed by atoms with Crippen LogP contribution in [0.5, 0.6) is 11.5 Å². The van der Waals surface area contributed by atoms with Crippen LogP contribution < -0.4 is 10.2 Å². The fourth-order valence-electron chi connectivity index (χ4n) is 8.35. The molecule has 2 heterocycles. The monoisotopic (exact) mass is 721 g/mol. The third kappa shape index (κ3) is 4.53. The van der Waals surface area contributed by atoms with Crippen LogP contribution in [0.3, 0.4) is 0 Å². The first kappa shape index (κ1) is 31.4. The number of aromatic hydroxyl groups is 1. The lowest BCUT2D eigenvalue weighted by atomic mass is 9.49. The Balaban J connectivity index is 1.50. The van der Waals surface area contributed by atoms with E-state index in [0.717, 1.165) is 5.01 Å². The van der Waals surface area contributed by atoms with E-state index in [-0.39, 0.29) is 42.7 Å². The predicted octanol–water partition coefficient (Wildman–Crippen LogP) is 5.96. The number of nitrogens with one attached hydrogen (secondary N) is 1. The second kappa shape index (κ2) is 11.5. The zero-order chi connectivity index (χ0) is 33.4. The second-order valence-corrected chi connectivity index (χ2v) is 13.7. The Kier molecular flexibility index (Phi) is 7.67. The summed E-state index contributed by atoms with van der Waals surface area (Å²) in [7, 11) is 1.41. The number of fused-ring (bicyclic) bond motifs is 4. The van der Waals surface area contributed by atoms with Gasteiger partial charge in [-0.2, -0.15) is 5.01 Å². The number of imide groups is 2. The van der Waals surface area contributed by atoms with E-state index in [1.165, 1.54) is 36.3 Å². The summed E-state index contributed by atoms with van der Waals surface area (Å²) in [5.74, 6) is -6.13. The van der Waals surface area contributed by atoms with Gasteiger partial charge in [-0.1, -0.05) is 51.3 Å². The lowest BCUT2D eigenvalue weighted by molar-refractivity contribution is -0.141. The van der Waals surface area contributed by atoms with Crippen molar-refractivity contribution >= 4 is 56.8 Å². The van der Waals surface area contributed by atoms with Crippen LogP contribution >= 0.6 is 27.5 Å². The van der Waals surface area contributed by atoms with Crippen molar-refractivity contribution in [2.24, 2.45) is 23.7 Å². The zero-order valence-electron chi connectivity index (χ0n) is 25.4. The number of benzene rings is 3. The summed E-state index contributed by atoms with van der Waals surface area (Å²) in [5, 5.41) is 13.1. The zero-order valence-corrected chi connectivity index (χ0v) is 27.7. The Morgan fingerprint density at radius 2 is 1.72 bits per heavy atom. The third-order valence-electron chi connectivity index (χ3n) is 10.3. The minimum atomic E-state index is -1.62. The number of methoxy groups -OCH3 is 1. The molecule has 6 unspecified atom stereocenters. The molecule has 3 fully saturated rings. The van der Waals surface area contributed by atoms with E-state index in [2.05, 4.69) is 21.4 Å². The number of anilines is 1. The molecular weight excluding hydrogens is 693 g/mol. The number of hydrogen-bond acceptors (Lipinski definition) is 7. The van der Waals surface area contributed by atoms with E-state index in [4.69, 9.17) is 16.3 Å². The number of carbonyl (C=O) groups is 4. The van der Waals surface area contributed by atoms with Gasteiger partial charge in [-0.05, 0) is 79.8 Å². The highest BCUT2D eigenvalue weighted by molar-refractivity contribution is 9.10. The van der Waals surface area contributed by atoms with Gasteiger partial charge in [-0.15, -0.1) is 0 Å². The van der Waals surface area contributed by atoms with Gasteiger partial charge in [0.15, 0.2) is 11.5 Å². The molecule has 2 N–H and O–H groups in total. The Bertz CT molecular complexity index is 1870. The topological polar surface area (TPSA) is 116 Å². The van der Waals surface area contributed by atoms with Gasteiger partial charge in [0.1, 0.15) is 5.82 Å². The molecule has 9 nitrogen and oxygen atoms in total. The molecule has 242 valence electrons. The highest BCUT2D eigenvalue weighted by atomic mass is 79.9. The fraction of sp³-hybridized carbons (Fsp3) is 0.314. The molecule has 3 aromatic carbocycles. The number of phenols is 1. The number of halogens is 3. The number of allylic oxidation sites excluding steroid dienone is 2. The Morgan fingerprint density at radius 3 is 2.38 bits per heavy atom. The van der Waals surface area contributed by atoms with Crippen LogP contribution in [0.25, 0.3) is 0 Å². The standard InChI is InChI=1S/C35H30BrClFN3O6/c1-3-40-31(43)23-13-12-22-24(28(23)33(40)45)16-26-32(44)41(39-21-10-8-20(38)9-11-21)34(46)35(26,17-4-6-19(37)7-5-17)29(22)25-14-18(36)15-27(47-2)30(25)42/h4-12,14-15,23-24,26,28-29,39,42H,3,13,16H2,1-2H3. The second-order valence-electron chi connectivity index (χ2n) is 12.3. The number of hydrazine groups is 1. The molecule has 2 aliphatic carbocycles. The van der Waals surface area contributed by atoms with Crippen LogP contribution in [0.15, 0.2) is 76.8 Å². The van der Waals surface area contributed by atoms with Crippen LogP contribution in [0.2, 0.25) is 5.02 Å². The molecule has 0 radical (unpaired) electrons. The van der Waals surface area contributed by atoms with Gasteiger partial charge in [0, 0.05) is 27.5 Å². The van der Waals surface area contributed by atoms with E-state index >= 15 is 4.79 Å². The fourth-order valence-corrected chi connectivity index (χ4v) is 8.93. The lowest BCUT2D eigenvalue weighted by Crippen LogP contribution is -2.53. The Morgan fingerprint density at radius 1 is 1.02 bits per heavy atom. The molecule has 7 rings (SSSR count). The number of hydrogen-bond donors (Lipinski definition) is 2. The molecule has 4 amide bonds.